The van der Waals surface area contributed by atoms with Gasteiger partial charge in [-0.3, -0.25) is 0 Å². The lowest BCUT2D eigenvalue weighted by Crippen LogP contribution is -2.14. The third-order valence-corrected chi connectivity index (χ3v) is 4.65. The largest absolute Gasteiger partial charge is 0.366 e. The fourth-order valence-electron chi connectivity index (χ4n) is 2.38. The number of benzene rings is 2. The Balaban J connectivity index is 2.37. The average molecular weight is 374 g/mol. The van der Waals surface area contributed by atoms with Crippen LogP contribution < -0.4 is 4.90 Å². The Bertz CT molecular complexity index is 710. The minimum atomic E-state index is 0.949. The first-order chi connectivity index (χ1) is 10.9. The maximum atomic E-state index is 4.60. The van der Waals surface area contributed by atoms with Crippen LogP contribution in [0.15, 0.2) is 45.9 Å². The molecule has 0 aliphatic rings. The molecule has 4 heteroatoms. The molecule has 2 aromatic carbocycles. The molecule has 0 bridgehead atoms. The first-order valence-corrected chi connectivity index (χ1v) is 8.57. The summed E-state index contributed by atoms with van der Waals surface area (Å²) in [4.78, 5) is 8.87. The number of hydrogen-bond donors (Lipinski definition) is 0. The average Bonchev–Trinajstić information content (AvgIpc) is 2.54. The normalized spacial score (nSPS) is 11.0. The monoisotopic (exact) mass is 373 g/mol. The smallest absolute Gasteiger partial charge is 0.0909 e. The fraction of sp³-hybridized carbons (Fsp3) is 0.316. The minimum absolute atomic E-state index is 0.949. The highest BCUT2D eigenvalue weighted by molar-refractivity contribution is 9.10. The molecule has 3 nitrogen and oxygen atoms in total. The van der Waals surface area contributed by atoms with Gasteiger partial charge in [-0.15, -0.1) is 0 Å². The van der Waals surface area contributed by atoms with E-state index >= 15 is 0 Å². The zero-order valence-corrected chi connectivity index (χ0v) is 16.1. The molecule has 0 amide bonds. The highest BCUT2D eigenvalue weighted by atomic mass is 79.9. The third-order valence-electron chi connectivity index (χ3n) is 3.98. The topological polar surface area (TPSA) is 18.8 Å². The Hall–Kier alpha value is -1.81. The Morgan fingerprint density at radius 3 is 2.39 bits per heavy atom. The summed E-state index contributed by atoms with van der Waals surface area (Å²) in [6.07, 6.45) is 1.89. The van der Waals surface area contributed by atoms with Gasteiger partial charge >= 0.3 is 0 Å². The van der Waals surface area contributed by atoms with Gasteiger partial charge in [0.15, 0.2) is 0 Å². The molecule has 2 rings (SSSR count). The number of halogens is 1. The Morgan fingerprint density at radius 2 is 1.74 bits per heavy atom. The van der Waals surface area contributed by atoms with Crippen molar-refractivity contribution in [3.63, 3.8) is 0 Å². The highest BCUT2D eigenvalue weighted by Gasteiger charge is 2.12. The van der Waals surface area contributed by atoms with Crippen LogP contribution in [0, 0.1) is 13.8 Å². The lowest BCUT2D eigenvalue weighted by atomic mass is 10.1. The molecular weight excluding hydrogens is 350 g/mol. The van der Waals surface area contributed by atoms with Gasteiger partial charge in [0, 0.05) is 30.8 Å². The predicted octanol–water partition coefficient (Wildman–Crippen LogP) is 5.45. The van der Waals surface area contributed by atoms with Gasteiger partial charge in [0.1, 0.15) is 0 Å². The summed E-state index contributed by atoms with van der Waals surface area (Å²) in [5.41, 5.74) is 5.74. The van der Waals surface area contributed by atoms with Crippen LogP contribution in [0.4, 0.5) is 17.1 Å². The van der Waals surface area contributed by atoms with E-state index in [1.165, 1.54) is 16.8 Å². The SMILES string of the molecule is CCN(C)C=Nc1cc(C)c(N(C)c2ccccc2Br)cc1C. The second-order valence-electron chi connectivity index (χ2n) is 5.75. The van der Waals surface area contributed by atoms with E-state index in [2.05, 4.69) is 88.9 Å². The second kappa shape index (κ2) is 7.64. The van der Waals surface area contributed by atoms with Gasteiger partial charge in [-0.05, 0) is 72.1 Å². The lowest BCUT2D eigenvalue weighted by Gasteiger charge is -2.24. The molecule has 0 saturated heterocycles. The van der Waals surface area contributed by atoms with E-state index < -0.39 is 0 Å². The van der Waals surface area contributed by atoms with Crippen molar-refractivity contribution in [1.82, 2.24) is 4.90 Å². The van der Waals surface area contributed by atoms with Crippen LogP contribution in [0.1, 0.15) is 18.1 Å². The fourth-order valence-corrected chi connectivity index (χ4v) is 2.93. The third kappa shape index (κ3) is 4.14. The molecule has 2 aromatic rings. The molecule has 0 aliphatic carbocycles. The summed E-state index contributed by atoms with van der Waals surface area (Å²) < 4.78 is 1.09. The van der Waals surface area contributed by atoms with Crippen molar-refractivity contribution in [3.05, 3.63) is 52.0 Å². The lowest BCUT2D eigenvalue weighted by molar-refractivity contribution is 0.552. The van der Waals surface area contributed by atoms with Gasteiger partial charge in [0.2, 0.25) is 0 Å². The zero-order valence-electron chi connectivity index (χ0n) is 14.5. The maximum Gasteiger partial charge on any atom is 0.0909 e. The molecule has 0 aliphatic heterocycles. The summed E-state index contributed by atoms with van der Waals surface area (Å²) in [5.74, 6) is 0. The molecular formula is C19H24BrN3. The molecule has 0 fully saturated rings. The first-order valence-electron chi connectivity index (χ1n) is 7.78. The van der Waals surface area contributed by atoms with E-state index in [9.17, 15) is 0 Å². The molecule has 0 aromatic heterocycles. The van der Waals surface area contributed by atoms with E-state index in [0.29, 0.717) is 0 Å². The summed E-state index contributed by atoms with van der Waals surface area (Å²) in [7, 11) is 4.12. The molecule has 0 saturated carbocycles. The van der Waals surface area contributed by atoms with Crippen LogP contribution >= 0.6 is 15.9 Å². The molecule has 23 heavy (non-hydrogen) atoms. The number of aryl methyl sites for hydroxylation is 2. The van der Waals surface area contributed by atoms with E-state index in [1.54, 1.807) is 0 Å². The van der Waals surface area contributed by atoms with Crippen molar-refractivity contribution < 1.29 is 0 Å². The highest BCUT2D eigenvalue weighted by Crippen LogP contribution is 2.35. The van der Waals surface area contributed by atoms with Crippen molar-refractivity contribution in [3.8, 4) is 0 Å². The second-order valence-corrected chi connectivity index (χ2v) is 6.61. The van der Waals surface area contributed by atoms with Gasteiger partial charge in [0.05, 0.1) is 17.7 Å². The number of para-hydroxylation sites is 1. The van der Waals surface area contributed by atoms with Crippen LogP contribution in [-0.4, -0.2) is 31.9 Å². The van der Waals surface area contributed by atoms with Gasteiger partial charge < -0.3 is 9.80 Å². The molecule has 0 atom stereocenters. The Kier molecular flexibility index (Phi) is 5.83. The van der Waals surface area contributed by atoms with Crippen molar-refractivity contribution in [2.75, 3.05) is 25.5 Å². The van der Waals surface area contributed by atoms with Crippen LogP contribution in [0.2, 0.25) is 0 Å². The van der Waals surface area contributed by atoms with Crippen LogP contribution in [0.3, 0.4) is 0 Å². The van der Waals surface area contributed by atoms with Crippen molar-refractivity contribution in [1.29, 1.82) is 0 Å². The summed E-state index contributed by atoms with van der Waals surface area (Å²) in [5, 5.41) is 0. The molecule has 0 spiro atoms. The van der Waals surface area contributed by atoms with Crippen molar-refractivity contribution in [2.24, 2.45) is 4.99 Å². The quantitative estimate of drug-likeness (QED) is 0.512. The molecule has 0 unspecified atom stereocenters. The molecule has 122 valence electrons. The van der Waals surface area contributed by atoms with Crippen molar-refractivity contribution in [2.45, 2.75) is 20.8 Å². The van der Waals surface area contributed by atoms with Crippen LogP contribution in [0.5, 0.6) is 0 Å². The summed E-state index contributed by atoms with van der Waals surface area (Å²) in [6.45, 7) is 7.30. The summed E-state index contributed by atoms with van der Waals surface area (Å²) in [6, 6.07) is 12.6. The number of aliphatic imine (C=N–C) groups is 1. The van der Waals surface area contributed by atoms with Gasteiger partial charge in [-0.2, -0.15) is 0 Å². The number of anilines is 2. The molecule has 0 heterocycles. The molecule has 0 N–H and O–H groups in total. The predicted molar refractivity (Wildman–Crippen MR) is 105 cm³/mol. The standard InChI is InChI=1S/C19H24BrN3/c1-6-22(4)13-21-17-11-15(3)19(12-14(17)2)23(5)18-10-8-7-9-16(18)20/h7-13H,6H2,1-5H3. The Labute approximate surface area is 147 Å². The zero-order chi connectivity index (χ0) is 17.0. The minimum Gasteiger partial charge on any atom is -0.366 e. The van der Waals surface area contributed by atoms with Gasteiger partial charge in [-0.1, -0.05) is 12.1 Å². The first kappa shape index (κ1) is 17.5. The van der Waals surface area contributed by atoms with Gasteiger partial charge in [-0.25, -0.2) is 4.99 Å². The van der Waals surface area contributed by atoms with Gasteiger partial charge in [0.25, 0.3) is 0 Å². The maximum absolute atomic E-state index is 4.60. The number of nitrogens with zero attached hydrogens (tertiary/aromatic N) is 3. The molecule has 0 radical (unpaired) electrons. The summed E-state index contributed by atoms with van der Waals surface area (Å²) >= 11 is 3.63. The van der Waals surface area contributed by atoms with Crippen LogP contribution in [0.25, 0.3) is 0 Å². The van der Waals surface area contributed by atoms with E-state index in [4.69, 9.17) is 0 Å². The van der Waals surface area contributed by atoms with E-state index in [0.717, 1.165) is 22.4 Å². The van der Waals surface area contributed by atoms with Crippen molar-refractivity contribution >= 4 is 39.3 Å². The number of hydrogen-bond acceptors (Lipinski definition) is 2. The Morgan fingerprint density at radius 1 is 1.04 bits per heavy atom. The number of rotatable bonds is 5. The van der Waals surface area contributed by atoms with E-state index in [-0.39, 0.29) is 0 Å². The van der Waals surface area contributed by atoms with E-state index in [1.807, 2.05) is 19.5 Å². The van der Waals surface area contributed by atoms with Crippen LogP contribution in [-0.2, 0) is 0 Å².